The fourth-order valence-electron chi connectivity index (χ4n) is 1.78. The van der Waals surface area contributed by atoms with Crippen LogP contribution in [0.3, 0.4) is 0 Å². The molecule has 0 saturated heterocycles. The summed E-state index contributed by atoms with van der Waals surface area (Å²) in [7, 11) is 0. The van der Waals surface area contributed by atoms with Crippen molar-refractivity contribution in [3.05, 3.63) is 42.5 Å². The van der Waals surface area contributed by atoms with Gasteiger partial charge in [-0.05, 0) is 36.8 Å². The van der Waals surface area contributed by atoms with Gasteiger partial charge in [0, 0.05) is 5.75 Å². The SMILES string of the molecule is CC(C)(SCCOc1ccc2ccccc2c1)C(=O)O. The second-order valence-corrected chi connectivity index (χ2v) is 6.74. The summed E-state index contributed by atoms with van der Waals surface area (Å²) < 4.78 is 4.90. The van der Waals surface area contributed by atoms with E-state index in [-0.39, 0.29) is 0 Å². The number of benzene rings is 2. The van der Waals surface area contributed by atoms with Crippen LogP contribution >= 0.6 is 11.8 Å². The van der Waals surface area contributed by atoms with E-state index in [4.69, 9.17) is 9.84 Å². The van der Waals surface area contributed by atoms with Crippen molar-refractivity contribution in [3.8, 4) is 5.75 Å². The molecule has 106 valence electrons. The number of carbonyl (C=O) groups is 1. The van der Waals surface area contributed by atoms with Crippen LogP contribution in [0.5, 0.6) is 5.75 Å². The van der Waals surface area contributed by atoms with Crippen LogP contribution in [-0.4, -0.2) is 28.2 Å². The Bertz CT molecular complexity index is 607. The Labute approximate surface area is 122 Å². The Morgan fingerprint density at radius 1 is 1.20 bits per heavy atom. The number of carboxylic acids is 1. The van der Waals surface area contributed by atoms with Gasteiger partial charge in [-0.15, -0.1) is 11.8 Å². The van der Waals surface area contributed by atoms with E-state index in [1.807, 2.05) is 36.4 Å². The van der Waals surface area contributed by atoms with Gasteiger partial charge in [0.1, 0.15) is 10.5 Å². The highest BCUT2D eigenvalue weighted by molar-refractivity contribution is 8.01. The van der Waals surface area contributed by atoms with E-state index in [0.29, 0.717) is 12.4 Å². The molecule has 2 aromatic carbocycles. The van der Waals surface area contributed by atoms with E-state index < -0.39 is 10.7 Å². The van der Waals surface area contributed by atoms with Crippen LogP contribution in [0.2, 0.25) is 0 Å². The third kappa shape index (κ3) is 3.67. The topological polar surface area (TPSA) is 46.5 Å². The number of aliphatic carboxylic acids is 1. The number of hydrogen-bond donors (Lipinski definition) is 1. The maximum Gasteiger partial charge on any atom is 0.319 e. The monoisotopic (exact) mass is 290 g/mol. The fourth-order valence-corrected chi connectivity index (χ4v) is 2.58. The molecule has 2 aromatic rings. The predicted octanol–water partition coefficient (Wildman–Crippen LogP) is 3.82. The molecule has 0 saturated carbocycles. The maximum absolute atomic E-state index is 11.0. The van der Waals surface area contributed by atoms with Crippen molar-refractivity contribution >= 4 is 28.5 Å². The van der Waals surface area contributed by atoms with Gasteiger partial charge < -0.3 is 9.84 Å². The van der Waals surface area contributed by atoms with Crippen molar-refractivity contribution in [2.45, 2.75) is 18.6 Å². The molecule has 0 atom stereocenters. The first-order valence-electron chi connectivity index (χ1n) is 6.48. The minimum Gasteiger partial charge on any atom is -0.493 e. The zero-order valence-electron chi connectivity index (χ0n) is 11.6. The average Bonchev–Trinajstić information content (AvgIpc) is 2.43. The van der Waals surface area contributed by atoms with Gasteiger partial charge in [-0.25, -0.2) is 0 Å². The zero-order valence-corrected chi connectivity index (χ0v) is 12.4. The number of fused-ring (bicyclic) bond motifs is 1. The Hall–Kier alpha value is -1.68. The van der Waals surface area contributed by atoms with Crippen LogP contribution in [0.4, 0.5) is 0 Å². The lowest BCUT2D eigenvalue weighted by Crippen LogP contribution is -2.28. The third-order valence-electron chi connectivity index (χ3n) is 3.05. The Morgan fingerprint density at radius 3 is 2.60 bits per heavy atom. The molecular weight excluding hydrogens is 272 g/mol. The minimum atomic E-state index is -0.798. The molecule has 3 nitrogen and oxygen atoms in total. The smallest absolute Gasteiger partial charge is 0.319 e. The molecular formula is C16H18O3S. The number of thioether (sulfide) groups is 1. The lowest BCUT2D eigenvalue weighted by Gasteiger charge is -2.18. The van der Waals surface area contributed by atoms with E-state index >= 15 is 0 Å². The van der Waals surface area contributed by atoms with Crippen LogP contribution in [0.25, 0.3) is 10.8 Å². The van der Waals surface area contributed by atoms with Gasteiger partial charge >= 0.3 is 5.97 Å². The summed E-state index contributed by atoms with van der Waals surface area (Å²) >= 11 is 1.39. The molecule has 0 bridgehead atoms. The number of carboxylic acid groups (broad SMARTS) is 1. The van der Waals surface area contributed by atoms with Crippen LogP contribution < -0.4 is 4.74 Å². The lowest BCUT2D eigenvalue weighted by molar-refractivity contribution is -0.138. The number of rotatable bonds is 6. The van der Waals surface area contributed by atoms with Gasteiger partial charge in [0.05, 0.1) is 6.61 Å². The number of ether oxygens (including phenoxy) is 1. The van der Waals surface area contributed by atoms with Crippen molar-refractivity contribution in [3.63, 3.8) is 0 Å². The average molecular weight is 290 g/mol. The molecule has 0 heterocycles. The molecule has 0 aliphatic heterocycles. The largest absolute Gasteiger partial charge is 0.493 e. The lowest BCUT2D eigenvalue weighted by atomic mass is 10.1. The molecule has 4 heteroatoms. The van der Waals surface area contributed by atoms with Crippen molar-refractivity contribution < 1.29 is 14.6 Å². The minimum absolute atomic E-state index is 0.500. The fraction of sp³-hybridized carbons (Fsp3) is 0.312. The normalized spacial score (nSPS) is 11.5. The van der Waals surface area contributed by atoms with Gasteiger partial charge in [-0.2, -0.15) is 0 Å². The summed E-state index contributed by atoms with van der Waals surface area (Å²) in [6.07, 6.45) is 0. The first-order valence-corrected chi connectivity index (χ1v) is 7.46. The van der Waals surface area contributed by atoms with Crippen molar-refractivity contribution in [2.24, 2.45) is 0 Å². The summed E-state index contributed by atoms with van der Waals surface area (Å²) in [4.78, 5) is 11.0. The second-order valence-electron chi connectivity index (χ2n) is 5.02. The van der Waals surface area contributed by atoms with Crippen LogP contribution in [0.15, 0.2) is 42.5 Å². The second kappa shape index (κ2) is 6.18. The van der Waals surface area contributed by atoms with E-state index in [0.717, 1.165) is 11.1 Å². The molecule has 0 radical (unpaired) electrons. The van der Waals surface area contributed by atoms with Gasteiger partial charge in [0.15, 0.2) is 0 Å². The maximum atomic E-state index is 11.0. The Balaban J connectivity index is 1.88. The summed E-state index contributed by atoms with van der Waals surface area (Å²) in [5.74, 6) is 0.664. The Morgan fingerprint density at radius 2 is 1.90 bits per heavy atom. The van der Waals surface area contributed by atoms with Gasteiger partial charge in [0.25, 0.3) is 0 Å². The van der Waals surface area contributed by atoms with Crippen LogP contribution in [-0.2, 0) is 4.79 Å². The van der Waals surface area contributed by atoms with E-state index in [1.54, 1.807) is 13.8 Å². The van der Waals surface area contributed by atoms with E-state index in [1.165, 1.54) is 17.1 Å². The summed E-state index contributed by atoms with van der Waals surface area (Å²) in [6.45, 7) is 3.91. The molecule has 20 heavy (non-hydrogen) atoms. The first kappa shape index (κ1) is 14.7. The highest BCUT2D eigenvalue weighted by Gasteiger charge is 2.27. The van der Waals surface area contributed by atoms with E-state index in [2.05, 4.69) is 6.07 Å². The molecule has 0 aromatic heterocycles. The molecule has 1 N–H and O–H groups in total. The quantitative estimate of drug-likeness (QED) is 0.822. The van der Waals surface area contributed by atoms with Crippen molar-refractivity contribution in [2.75, 3.05) is 12.4 Å². The van der Waals surface area contributed by atoms with Gasteiger partial charge in [-0.1, -0.05) is 30.3 Å². The zero-order chi connectivity index (χ0) is 14.6. The summed E-state index contributed by atoms with van der Waals surface area (Å²) in [6, 6.07) is 14.1. The van der Waals surface area contributed by atoms with Crippen molar-refractivity contribution in [1.82, 2.24) is 0 Å². The summed E-state index contributed by atoms with van der Waals surface area (Å²) in [5, 5.41) is 11.3. The highest BCUT2D eigenvalue weighted by atomic mass is 32.2. The first-order chi connectivity index (χ1) is 9.49. The molecule has 0 aliphatic rings. The highest BCUT2D eigenvalue weighted by Crippen LogP contribution is 2.25. The molecule has 2 rings (SSSR count). The Kier molecular flexibility index (Phi) is 4.55. The third-order valence-corrected chi connectivity index (χ3v) is 4.32. The van der Waals surface area contributed by atoms with Crippen molar-refractivity contribution in [1.29, 1.82) is 0 Å². The van der Waals surface area contributed by atoms with Gasteiger partial charge in [0.2, 0.25) is 0 Å². The molecule has 0 spiro atoms. The number of hydrogen-bond acceptors (Lipinski definition) is 3. The van der Waals surface area contributed by atoms with E-state index in [9.17, 15) is 4.79 Å². The standard InChI is InChI=1S/C16H18O3S/c1-16(2,15(17)18)20-10-9-19-14-8-7-12-5-3-4-6-13(12)11-14/h3-8,11H,9-10H2,1-2H3,(H,17,18). The molecule has 0 fully saturated rings. The van der Waals surface area contributed by atoms with Crippen LogP contribution in [0.1, 0.15) is 13.8 Å². The summed E-state index contributed by atoms with van der Waals surface area (Å²) in [5.41, 5.74) is 0. The predicted molar refractivity (Wildman–Crippen MR) is 83.6 cm³/mol. The van der Waals surface area contributed by atoms with Gasteiger partial charge in [-0.3, -0.25) is 4.79 Å². The molecule has 0 aliphatic carbocycles. The van der Waals surface area contributed by atoms with Crippen LogP contribution in [0, 0.1) is 0 Å². The molecule has 0 unspecified atom stereocenters. The molecule has 0 amide bonds.